The molecule has 0 aromatic heterocycles. The van der Waals surface area contributed by atoms with Crippen molar-refractivity contribution in [2.75, 3.05) is 25.7 Å². The lowest BCUT2D eigenvalue weighted by Crippen LogP contribution is -2.10. The standard InChI is InChI=1S/C30H39NO3/c1-4-5-6-7-8-9-10-11-24-34-30-22-16-27(17-23-30)31(25-12-18-28(32-2)19-13-25)26-14-20-29(33-3)21-15-26/h12-23H,4-11,24H2,1-3H3. The van der Waals surface area contributed by atoms with Crippen molar-refractivity contribution in [1.29, 1.82) is 0 Å². The van der Waals surface area contributed by atoms with Gasteiger partial charge in [-0.2, -0.15) is 0 Å². The van der Waals surface area contributed by atoms with E-state index in [-0.39, 0.29) is 0 Å². The van der Waals surface area contributed by atoms with Crippen molar-refractivity contribution in [3.8, 4) is 17.2 Å². The van der Waals surface area contributed by atoms with Gasteiger partial charge in [-0.15, -0.1) is 0 Å². The highest BCUT2D eigenvalue weighted by molar-refractivity contribution is 5.77. The molecule has 0 spiro atoms. The Morgan fingerprint density at radius 1 is 0.500 bits per heavy atom. The van der Waals surface area contributed by atoms with Crippen LogP contribution < -0.4 is 19.1 Å². The van der Waals surface area contributed by atoms with Gasteiger partial charge in [-0.3, -0.25) is 0 Å². The monoisotopic (exact) mass is 461 g/mol. The van der Waals surface area contributed by atoms with Gasteiger partial charge < -0.3 is 19.1 Å². The Balaban J connectivity index is 1.61. The molecule has 4 heteroatoms. The van der Waals surface area contributed by atoms with E-state index in [0.29, 0.717) is 0 Å². The van der Waals surface area contributed by atoms with Crippen LogP contribution in [0.3, 0.4) is 0 Å². The minimum Gasteiger partial charge on any atom is -0.497 e. The topological polar surface area (TPSA) is 30.9 Å². The number of hydrogen-bond donors (Lipinski definition) is 0. The SMILES string of the molecule is CCCCCCCCCCOc1ccc(N(c2ccc(OC)cc2)c2ccc(OC)cc2)cc1. The summed E-state index contributed by atoms with van der Waals surface area (Å²) in [5.41, 5.74) is 3.17. The van der Waals surface area contributed by atoms with E-state index in [0.717, 1.165) is 47.3 Å². The molecule has 0 amide bonds. The second kappa shape index (κ2) is 14.2. The third kappa shape index (κ3) is 7.72. The highest BCUT2D eigenvalue weighted by Gasteiger charge is 2.13. The lowest BCUT2D eigenvalue weighted by molar-refractivity contribution is 0.304. The van der Waals surface area contributed by atoms with Gasteiger partial charge in [0, 0.05) is 17.1 Å². The van der Waals surface area contributed by atoms with E-state index in [1.54, 1.807) is 14.2 Å². The Hall–Kier alpha value is -3.14. The normalized spacial score (nSPS) is 10.7. The molecular weight excluding hydrogens is 422 g/mol. The summed E-state index contributed by atoms with van der Waals surface area (Å²) >= 11 is 0. The Morgan fingerprint density at radius 3 is 1.29 bits per heavy atom. The number of benzene rings is 3. The summed E-state index contributed by atoms with van der Waals surface area (Å²) in [6, 6.07) is 24.5. The molecule has 0 bridgehead atoms. The van der Waals surface area contributed by atoms with E-state index in [1.165, 1.54) is 44.9 Å². The second-order valence-electron chi connectivity index (χ2n) is 8.55. The summed E-state index contributed by atoms with van der Waals surface area (Å²) in [6.45, 7) is 3.04. The van der Waals surface area contributed by atoms with Crippen molar-refractivity contribution in [1.82, 2.24) is 0 Å². The zero-order valence-electron chi connectivity index (χ0n) is 21.0. The van der Waals surface area contributed by atoms with Gasteiger partial charge in [0.15, 0.2) is 0 Å². The predicted molar refractivity (Wildman–Crippen MR) is 142 cm³/mol. The zero-order valence-corrected chi connectivity index (χ0v) is 21.0. The van der Waals surface area contributed by atoms with Crippen molar-refractivity contribution in [2.24, 2.45) is 0 Å². The summed E-state index contributed by atoms with van der Waals surface area (Å²) in [6.07, 6.45) is 10.4. The van der Waals surface area contributed by atoms with Gasteiger partial charge in [-0.1, -0.05) is 51.9 Å². The molecule has 0 saturated carbocycles. The summed E-state index contributed by atoms with van der Waals surface area (Å²) in [4.78, 5) is 2.21. The third-order valence-electron chi connectivity index (χ3n) is 6.02. The molecular formula is C30H39NO3. The maximum Gasteiger partial charge on any atom is 0.119 e. The van der Waals surface area contributed by atoms with Gasteiger partial charge in [0.25, 0.3) is 0 Å². The lowest BCUT2D eigenvalue weighted by atomic mass is 10.1. The average molecular weight is 462 g/mol. The number of rotatable bonds is 15. The van der Waals surface area contributed by atoms with Crippen LogP contribution in [-0.4, -0.2) is 20.8 Å². The quantitative estimate of drug-likeness (QED) is 0.212. The number of methoxy groups -OCH3 is 2. The summed E-state index contributed by atoms with van der Waals surface area (Å²) in [5.74, 6) is 2.59. The van der Waals surface area contributed by atoms with E-state index in [9.17, 15) is 0 Å². The van der Waals surface area contributed by atoms with Crippen LogP contribution in [0.5, 0.6) is 17.2 Å². The van der Waals surface area contributed by atoms with Gasteiger partial charge in [-0.25, -0.2) is 0 Å². The largest absolute Gasteiger partial charge is 0.497 e. The fourth-order valence-corrected chi connectivity index (χ4v) is 4.03. The molecule has 182 valence electrons. The van der Waals surface area contributed by atoms with Crippen molar-refractivity contribution >= 4 is 17.1 Å². The highest BCUT2D eigenvalue weighted by Crippen LogP contribution is 2.36. The minimum absolute atomic E-state index is 0.773. The van der Waals surface area contributed by atoms with Crippen molar-refractivity contribution in [3.05, 3.63) is 72.8 Å². The fraction of sp³-hybridized carbons (Fsp3) is 0.400. The molecule has 3 aromatic rings. The molecule has 0 aliphatic carbocycles. The molecule has 34 heavy (non-hydrogen) atoms. The highest BCUT2D eigenvalue weighted by atomic mass is 16.5. The first-order chi connectivity index (χ1) is 16.7. The fourth-order valence-electron chi connectivity index (χ4n) is 4.03. The van der Waals surface area contributed by atoms with E-state index in [4.69, 9.17) is 14.2 Å². The van der Waals surface area contributed by atoms with Crippen molar-refractivity contribution in [3.63, 3.8) is 0 Å². The van der Waals surface area contributed by atoms with Crippen LogP contribution in [0.4, 0.5) is 17.1 Å². The minimum atomic E-state index is 0.773. The van der Waals surface area contributed by atoms with E-state index in [1.807, 2.05) is 24.3 Å². The first-order valence-corrected chi connectivity index (χ1v) is 12.6. The summed E-state index contributed by atoms with van der Waals surface area (Å²) in [7, 11) is 3.37. The Kier molecular flexibility index (Phi) is 10.6. The summed E-state index contributed by atoms with van der Waals surface area (Å²) < 4.78 is 16.7. The molecule has 3 rings (SSSR count). The molecule has 0 radical (unpaired) electrons. The van der Waals surface area contributed by atoms with Crippen molar-refractivity contribution in [2.45, 2.75) is 58.3 Å². The second-order valence-corrected chi connectivity index (χ2v) is 8.55. The predicted octanol–water partition coefficient (Wildman–Crippen LogP) is 8.69. The first-order valence-electron chi connectivity index (χ1n) is 12.6. The molecule has 0 fully saturated rings. The smallest absolute Gasteiger partial charge is 0.119 e. The number of unbranched alkanes of at least 4 members (excludes halogenated alkanes) is 7. The van der Waals surface area contributed by atoms with Gasteiger partial charge in [0.05, 0.1) is 20.8 Å². The van der Waals surface area contributed by atoms with E-state index < -0.39 is 0 Å². The molecule has 0 heterocycles. The average Bonchev–Trinajstić information content (AvgIpc) is 2.89. The van der Waals surface area contributed by atoms with E-state index in [2.05, 4.69) is 60.4 Å². The van der Waals surface area contributed by atoms with Crippen LogP contribution in [0.15, 0.2) is 72.8 Å². The van der Waals surface area contributed by atoms with Crippen LogP contribution in [0.25, 0.3) is 0 Å². The number of ether oxygens (including phenoxy) is 3. The Morgan fingerprint density at radius 2 is 0.882 bits per heavy atom. The third-order valence-corrected chi connectivity index (χ3v) is 6.02. The Bertz CT molecular complexity index is 889. The molecule has 0 aliphatic heterocycles. The molecule has 0 N–H and O–H groups in total. The van der Waals surface area contributed by atoms with Gasteiger partial charge >= 0.3 is 0 Å². The van der Waals surface area contributed by atoms with Crippen LogP contribution in [-0.2, 0) is 0 Å². The van der Waals surface area contributed by atoms with Crippen LogP contribution in [0.1, 0.15) is 58.3 Å². The van der Waals surface area contributed by atoms with Gasteiger partial charge in [0.1, 0.15) is 17.2 Å². The van der Waals surface area contributed by atoms with Crippen LogP contribution in [0, 0.1) is 0 Å². The van der Waals surface area contributed by atoms with Crippen LogP contribution >= 0.6 is 0 Å². The molecule has 4 nitrogen and oxygen atoms in total. The van der Waals surface area contributed by atoms with Gasteiger partial charge in [-0.05, 0) is 79.2 Å². The first kappa shape index (κ1) is 25.5. The number of anilines is 3. The maximum absolute atomic E-state index is 6.01. The Labute approximate surface area is 205 Å². The maximum atomic E-state index is 6.01. The lowest BCUT2D eigenvalue weighted by Gasteiger charge is -2.26. The molecule has 3 aromatic carbocycles. The zero-order chi connectivity index (χ0) is 24.0. The number of hydrogen-bond acceptors (Lipinski definition) is 4. The molecule has 0 saturated heterocycles. The van der Waals surface area contributed by atoms with Gasteiger partial charge in [0.2, 0.25) is 0 Å². The summed E-state index contributed by atoms with van der Waals surface area (Å²) in [5, 5.41) is 0. The van der Waals surface area contributed by atoms with E-state index >= 15 is 0 Å². The molecule has 0 aliphatic rings. The van der Waals surface area contributed by atoms with Crippen molar-refractivity contribution < 1.29 is 14.2 Å². The molecule has 0 atom stereocenters. The number of nitrogens with zero attached hydrogens (tertiary/aromatic N) is 1. The molecule has 0 unspecified atom stereocenters. The van der Waals surface area contributed by atoms with Crippen LogP contribution in [0.2, 0.25) is 0 Å².